The van der Waals surface area contributed by atoms with Gasteiger partial charge in [0.1, 0.15) is 0 Å². The number of benzene rings is 1. The monoisotopic (exact) mass is 246 g/mol. The number of nitrogens with one attached hydrogen (secondary N) is 1. The van der Waals surface area contributed by atoms with Gasteiger partial charge in [0.2, 0.25) is 0 Å². The standard InChI is InChI=1S/C8H5BrF2N2/c9-4-1-5(8(10)11)6-3-12-13-7(6)2-4/h1-3,8H,(H,12,13). The van der Waals surface area contributed by atoms with Crippen LogP contribution < -0.4 is 0 Å². The van der Waals surface area contributed by atoms with Crippen LogP contribution in [0.3, 0.4) is 0 Å². The Morgan fingerprint density at radius 3 is 2.85 bits per heavy atom. The Labute approximate surface area is 81.1 Å². The van der Waals surface area contributed by atoms with Crippen LogP contribution in [0.5, 0.6) is 0 Å². The highest BCUT2D eigenvalue weighted by Crippen LogP contribution is 2.29. The molecule has 0 radical (unpaired) electrons. The molecule has 0 aliphatic carbocycles. The Morgan fingerprint density at radius 1 is 1.38 bits per heavy atom. The summed E-state index contributed by atoms with van der Waals surface area (Å²) in [7, 11) is 0. The van der Waals surface area contributed by atoms with Gasteiger partial charge in [0, 0.05) is 15.4 Å². The fourth-order valence-corrected chi connectivity index (χ4v) is 1.70. The zero-order valence-electron chi connectivity index (χ0n) is 6.39. The van der Waals surface area contributed by atoms with Crippen LogP contribution in [0.25, 0.3) is 10.9 Å². The van der Waals surface area contributed by atoms with Crippen molar-refractivity contribution in [3.63, 3.8) is 0 Å². The van der Waals surface area contributed by atoms with E-state index in [1.807, 2.05) is 0 Å². The molecule has 0 atom stereocenters. The van der Waals surface area contributed by atoms with Gasteiger partial charge in [0.05, 0.1) is 11.7 Å². The molecule has 0 amide bonds. The van der Waals surface area contributed by atoms with Crippen LogP contribution in [0, 0.1) is 0 Å². The largest absolute Gasteiger partial charge is 0.278 e. The number of alkyl halides is 2. The number of aromatic amines is 1. The maximum absolute atomic E-state index is 12.5. The van der Waals surface area contributed by atoms with Gasteiger partial charge in [-0.3, -0.25) is 5.10 Å². The molecule has 0 saturated heterocycles. The summed E-state index contributed by atoms with van der Waals surface area (Å²) in [5.41, 5.74) is 0.614. The van der Waals surface area contributed by atoms with Crippen LogP contribution in [0.15, 0.2) is 22.8 Å². The average molecular weight is 247 g/mol. The molecular weight excluding hydrogens is 242 g/mol. The highest BCUT2D eigenvalue weighted by Gasteiger charge is 2.13. The zero-order valence-corrected chi connectivity index (χ0v) is 7.98. The van der Waals surface area contributed by atoms with Gasteiger partial charge in [-0.1, -0.05) is 15.9 Å². The second-order valence-electron chi connectivity index (χ2n) is 2.63. The predicted octanol–water partition coefficient (Wildman–Crippen LogP) is 3.26. The van der Waals surface area contributed by atoms with Crippen LogP contribution >= 0.6 is 15.9 Å². The van der Waals surface area contributed by atoms with E-state index in [1.54, 1.807) is 6.07 Å². The minimum Gasteiger partial charge on any atom is -0.278 e. The van der Waals surface area contributed by atoms with Crippen LogP contribution in [0.1, 0.15) is 12.0 Å². The predicted molar refractivity (Wildman–Crippen MR) is 48.8 cm³/mol. The highest BCUT2D eigenvalue weighted by molar-refractivity contribution is 9.10. The van der Waals surface area contributed by atoms with Crippen molar-refractivity contribution in [1.29, 1.82) is 0 Å². The number of nitrogens with zero attached hydrogens (tertiary/aromatic N) is 1. The summed E-state index contributed by atoms with van der Waals surface area (Å²) in [6.45, 7) is 0. The van der Waals surface area contributed by atoms with Gasteiger partial charge in [0.15, 0.2) is 0 Å². The molecule has 68 valence electrons. The van der Waals surface area contributed by atoms with E-state index >= 15 is 0 Å². The van der Waals surface area contributed by atoms with Crippen LogP contribution in [-0.2, 0) is 0 Å². The topological polar surface area (TPSA) is 28.7 Å². The maximum Gasteiger partial charge on any atom is 0.264 e. The van der Waals surface area contributed by atoms with Gasteiger partial charge in [0.25, 0.3) is 6.43 Å². The first kappa shape index (κ1) is 8.62. The van der Waals surface area contributed by atoms with Gasteiger partial charge in [-0.25, -0.2) is 8.78 Å². The first-order valence-corrected chi connectivity index (χ1v) is 4.38. The molecule has 1 N–H and O–H groups in total. The third kappa shape index (κ3) is 1.44. The van der Waals surface area contributed by atoms with Gasteiger partial charge >= 0.3 is 0 Å². The Hall–Kier alpha value is -0.970. The molecule has 0 fully saturated rings. The quantitative estimate of drug-likeness (QED) is 0.823. The molecule has 0 saturated carbocycles. The van der Waals surface area contributed by atoms with Crippen molar-refractivity contribution in [3.8, 4) is 0 Å². The lowest BCUT2D eigenvalue weighted by atomic mass is 10.1. The summed E-state index contributed by atoms with van der Waals surface area (Å²) in [5.74, 6) is 0. The van der Waals surface area contributed by atoms with Crippen molar-refractivity contribution < 1.29 is 8.78 Å². The molecule has 2 rings (SSSR count). The van der Waals surface area contributed by atoms with Crippen LogP contribution in [0.2, 0.25) is 0 Å². The van der Waals surface area contributed by atoms with Crippen molar-refractivity contribution in [2.45, 2.75) is 6.43 Å². The van der Waals surface area contributed by atoms with E-state index in [0.717, 1.165) is 0 Å². The maximum atomic E-state index is 12.5. The number of hydrogen-bond donors (Lipinski definition) is 1. The van der Waals surface area contributed by atoms with Crippen LogP contribution in [-0.4, -0.2) is 10.2 Å². The van der Waals surface area contributed by atoms with Gasteiger partial charge < -0.3 is 0 Å². The number of fused-ring (bicyclic) bond motifs is 1. The molecule has 0 bridgehead atoms. The normalized spacial score (nSPS) is 11.4. The Bertz CT molecular complexity index is 439. The molecule has 5 heteroatoms. The third-order valence-electron chi connectivity index (χ3n) is 1.79. The molecule has 0 aliphatic rings. The Kier molecular flexibility index (Phi) is 2.03. The third-order valence-corrected chi connectivity index (χ3v) is 2.25. The minimum atomic E-state index is -2.47. The van der Waals surface area contributed by atoms with E-state index in [1.165, 1.54) is 12.3 Å². The Balaban J connectivity index is 2.77. The van der Waals surface area contributed by atoms with Crippen molar-refractivity contribution in [1.82, 2.24) is 10.2 Å². The number of halogens is 3. The molecule has 2 aromatic rings. The van der Waals surface area contributed by atoms with Crippen molar-refractivity contribution >= 4 is 26.8 Å². The molecule has 0 aliphatic heterocycles. The molecular formula is C8H5BrF2N2. The number of aromatic nitrogens is 2. The lowest BCUT2D eigenvalue weighted by Gasteiger charge is -2.01. The summed E-state index contributed by atoms with van der Waals surface area (Å²) in [4.78, 5) is 0. The first-order chi connectivity index (χ1) is 6.18. The molecule has 1 heterocycles. The van der Waals surface area contributed by atoms with E-state index in [2.05, 4.69) is 26.1 Å². The molecule has 0 unspecified atom stereocenters. The number of hydrogen-bond acceptors (Lipinski definition) is 1. The number of rotatable bonds is 1. The van der Waals surface area contributed by atoms with E-state index in [-0.39, 0.29) is 5.56 Å². The van der Waals surface area contributed by atoms with Crippen LogP contribution in [0.4, 0.5) is 8.78 Å². The summed E-state index contributed by atoms with van der Waals surface area (Å²) < 4.78 is 25.6. The minimum absolute atomic E-state index is 0.00174. The van der Waals surface area contributed by atoms with Gasteiger partial charge in [-0.05, 0) is 12.1 Å². The van der Waals surface area contributed by atoms with Gasteiger partial charge in [-0.15, -0.1) is 0 Å². The molecule has 1 aromatic heterocycles. The smallest absolute Gasteiger partial charge is 0.264 e. The molecule has 13 heavy (non-hydrogen) atoms. The van der Waals surface area contributed by atoms with Crippen molar-refractivity contribution in [3.05, 3.63) is 28.4 Å². The highest BCUT2D eigenvalue weighted by atomic mass is 79.9. The van der Waals surface area contributed by atoms with E-state index in [4.69, 9.17) is 0 Å². The molecule has 0 spiro atoms. The summed E-state index contributed by atoms with van der Waals surface area (Å²) >= 11 is 3.16. The SMILES string of the molecule is FC(F)c1cc(Br)cc2[nH]ncc12. The summed E-state index contributed by atoms with van der Waals surface area (Å²) in [5, 5.41) is 6.82. The fourth-order valence-electron chi connectivity index (χ4n) is 1.22. The van der Waals surface area contributed by atoms with E-state index in [9.17, 15) is 8.78 Å². The van der Waals surface area contributed by atoms with Crippen molar-refractivity contribution in [2.24, 2.45) is 0 Å². The van der Waals surface area contributed by atoms with Gasteiger partial charge in [-0.2, -0.15) is 5.10 Å². The molecule has 2 nitrogen and oxygen atoms in total. The Morgan fingerprint density at radius 2 is 2.15 bits per heavy atom. The second kappa shape index (κ2) is 3.06. The zero-order chi connectivity index (χ0) is 9.42. The summed E-state index contributed by atoms with van der Waals surface area (Å²) in [6, 6.07) is 3.12. The lowest BCUT2D eigenvalue weighted by molar-refractivity contribution is 0.153. The first-order valence-electron chi connectivity index (χ1n) is 3.59. The van der Waals surface area contributed by atoms with Crippen molar-refractivity contribution in [2.75, 3.05) is 0 Å². The summed E-state index contributed by atoms with van der Waals surface area (Å²) in [6.07, 6.45) is -1.07. The van der Waals surface area contributed by atoms with E-state index < -0.39 is 6.43 Å². The average Bonchev–Trinajstić information content (AvgIpc) is 2.49. The number of H-pyrrole nitrogens is 1. The fraction of sp³-hybridized carbons (Fsp3) is 0.125. The lowest BCUT2D eigenvalue weighted by Crippen LogP contribution is -1.85. The second-order valence-corrected chi connectivity index (χ2v) is 3.54. The molecule has 1 aromatic carbocycles. The van der Waals surface area contributed by atoms with E-state index in [0.29, 0.717) is 15.4 Å².